The summed E-state index contributed by atoms with van der Waals surface area (Å²) in [6.07, 6.45) is 3.13. The fraction of sp³-hybridized carbons (Fsp3) is 0.476. The molecule has 6 heteroatoms. The van der Waals surface area contributed by atoms with Crippen molar-refractivity contribution in [3.05, 3.63) is 62.7 Å². The van der Waals surface area contributed by atoms with Gasteiger partial charge in [-0.05, 0) is 48.8 Å². The van der Waals surface area contributed by atoms with Crippen LogP contribution in [-0.4, -0.2) is 33.7 Å². The lowest BCUT2D eigenvalue weighted by Crippen LogP contribution is -2.33. The Labute approximate surface area is 158 Å². The quantitative estimate of drug-likeness (QED) is 0.884. The molecular formula is C21H27N3O3. The van der Waals surface area contributed by atoms with E-state index in [0.717, 1.165) is 37.0 Å². The summed E-state index contributed by atoms with van der Waals surface area (Å²) in [6, 6.07) is 9.25. The molecule has 1 aromatic carbocycles. The van der Waals surface area contributed by atoms with Crippen LogP contribution in [0.1, 0.15) is 50.4 Å². The van der Waals surface area contributed by atoms with Crippen molar-refractivity contribution in [2.24, 2.45) is 11.3 Å². The number of hydrogen-bond donors (Lipinski definition) is 1. The summed E-state index contributed by atoms with van der Waals surface area (Å²) in [5.74, 6) is 0.576. The zero-order chi connectivity index (χ0) is 19.6. The average Bonchev–Trinajstić information content (AvgIpc) is 2.89. The van der Waals surface area contributed by atoms with E-state index in [1.807, 2.05) is 4.90 Å². The number of likely N-dealkylation sites (tertiary alicyclic amines) is 1. The second-order valence-electron chi connectivity index (χ2n) is 8.32. The molecular weight excluding hydrogens is 342 g/mol. The molecule has 1 N–H and O–H groups in total. The fourth-order valence-corrected chi connectivity index (χ4v) is 3.74. The molecule has 1 aliphatic rings. The maximum absolute atomic E-state index is 13.0. The number of carbonyl (C=O) groups excluding carboxylic acids is 1. The van der Waals surface area contributed by atoms with E-state index in [9.17, 15) is 14.4 Å². The van der Waals surface area contributed by atoms with E-state index in [2.05, 4.69) is 25.9 Å². The molecule has 1 amide bonds. The van der Waals surface area contributed by atoms with Gasteiger partial charge in [0.1, 0.15) is 0 Å². The van der Waals surface area contributed by atoms with Gasteiger partial charge < -0.3 is 4.90 Å². The minimum atomic E-state index is -0.368. The number of benzene rings is 1. The Hall–Kier alpha value is -2.63. The first kappa shape index (κ1) is 19.1. The van der Waals surface area contributed by atoms with E-state index in [-0.39, 0.29) is 22.4 Å². The number of hydrogen-bond acceptors (Lipinski definition) is 3. The van der Waals surface area contributed by atoms with Crippen molar-refractivity contribution < 1.29 is 4.79 Å². The van der Waals surface area contributed by atoms with Crippen molar-refractivity contribution in [1.29, 1.82) is 0 Å². The smallest absolute Gasteiger partial charge is 0.269 e. The molecule has 1 unspecified atom stereocenters. The molecule has 1 aromatic heterocycles. The van der Waals surface area contributed by atoms with Gasteiger partial charge in [0.2, 0.25) is 0 Å². The largest absolute Gasteiger partial charge is 0.339 e. The SMILES string of the molecule is CC(C)(C)C1CCCN(C(=O)c2cccc(-n3[nH]c(=O)ccc3=O)c2)CC1. The van der Waals surface area contributed by atoms with Crippen LogP contribution in [0.4, 0.5) is 0 Å². The van der Waals surface area contributed by atoms with Gasteiger partial charge in [0.25, 0.3) is 17.0 Å². The molecule has 0 spiro atoms. The third kappa shape index (κ3) is 4.38. The van der Waals surface area contributed by atoms with Crippen molar-refractivity contribution in [2.45, 2.75) is 40.0 Å². The second kappa shape index (κ2) is 7.55. The molecule has 1 aliphatic heterocycles. The summed E-state index contributed by atoms with van der Waals surface area (Å²) >= 11 is 0. The topological polar surface area (TPSA) is 75.2 Å². The standard InChI is InChI=1S/C21H27N3O3/c1-21(2,3)16-7-5-12-23(13-11-16)20(27)15-6-4-8-17(14-15)24-19(26)10-9-18(25)22-24/h4,6,8-10,14,16H,5,7,11-13H2,1-3H3,(H,22,25). The van der Waals surface area contributed by atoms with Crippen LogP contribution in [0.3, 0.4) is 0 Å². The van der Waals surface area contributed by atoms with Crippen LogP contribution < -0.4 is 11.1 Å². The van der Waals surface area contributed by atoms with Gasteiger partial charge in [-0.2, -0.15) is 0 Å². The zero-order valence-corrected chi connectivity index (χ0v) is 16.2. The highest BCUT2D eigenvalue weighted by molar-refractivity contribution is 5.94. The summed E-state index contributed by atoms with van der Waals surface area (Å²) in [5, 5.41) is 2.49. The van der Waals surface area contributed by atoms with Gasteiger partial charge >= 0.3 is 0 Å². The molecule has 3 rings (SSSR count). The van der Waals surface area contributed by atoms with Gasteiger partial charge in [0.15, 0.2) is 0 Å². The lowest BCUT2D eigenvalue weighted by Gasteiger charge is -2.29. The maximum Gasteiger partial charge on any atom is 0.269 e. The molecule has 0 bridgehead atoms. The zero-order valence-electron chi connectivity index (χ0n) is 16.2. The number of nitrogens with one attached hydrogen (secondary N) is 1. The van der Waals surface area contributed by atoms with Gasteiger partial charge in [-0.25, -0.2) is 4.68 Å². The van der Waals surface area contributed by atoms with Gasteiger partial charge in [0.05, 0.1) is 5.69 Å². The normalized spacial score (nSPS) is 18.2. The van der Waals surface area contributed by atoms with Gasteiger partial charge in [-0.15, -0.1) is 0 Å². The predicted octanol–water partition coefficient (Wildman–Crippen LogP) is 2.81. The van der Waals surface area contributed by atoms with Crippen LogP contribution in [-0.2, 0) is 0 Å². The van der Waals surface area contributed by atoms with Crippen molar-refractivity contribution in [3.63, 3.8) is 0 Å². The molecule has 0 saturated carbocycles. The van der Waals surface area contributed by atoms with Crippen LogP contribution in [0, 0.1) is 11.3 Å². The van der Waals surface area contributed by atoms with Crippen LogP contribution >= 0.6 is 0 Å². The molecule has 2 heterocycles. The Bertz CT molecular complexity index is 936. The number of amides is 1. The van der Waals surface area contributed by atoms with E-state index in [0.29, 0.717) is 17.2 Å². The molecule has 1 atom stereocenters. The Morgan fingerprint density at radius 2 is 1.85 bits per heavy atom. The third-order valence-corrected chi connectivity index (χ3v) is 5.41. The van der Waals surface area contributed by atoms with Crippen molar-refractivity contribution >= 4 is 5.91 Å². The van der Waals surface area contributed by atoms with Crippen LogP contribution in [0.25, 0.3) is 5.69 Å². The molecule has 0 aliphatic carbocycles. The maximum atomic E-state index is 13.0. The molecule has 1 fully saturated rings. The first-order valence-electron chi connectivity index (χ1n) is 9.48. The number of rotatable bonds is 2. The fourth-order valence-electron chi connectivity index (χ4n) is 3.74. The van der Waals surface area contributed by atoms with E-state index >= 15 is 0 Å². The van der Waals surface area contributed by atoms with Crippen molar-refractivity contribution in [3.8, 4) is 5.69 Å². The minimum absolute atomic E-state index is 0.0299. The van der Waals surface area contributed by atoms with Gasteiger partial charge in [0, 0.05) is 30.8 Å². The number of aromatic nitrogens is 2. The van der Waals surface area contributed by atoms with E-state index in [1.165, 1.54) is 12.1 Å². The molecule has 1 saturated heterocycles. The number of nitrogens with zero attached hydrogens (tertiary/aromatic N) is 2. The highest BCUT2D eigenvalue weighted by Crippen LogP contribution is 2.34. The summed E-state index contributed by atoms with van der Waals surface area (Å²) in [6.45, 7) is 8.27. The Morgan fingerprint density at radius 3 is 2.59 bits per heavy atom. The van der Waals surface area contributed by atoms with E-state index in [1.54, 1.807) is 24.3 Å². The van der Waals surface area contributed by atoms with Gasteiger partial charge in [-0.1, -0.05) is 26.8 Å². The Balaban J connectivity index is 1.83. The van der Waals surface area contributed by atoms with Crippen molar-refractivity contribution in [1.82, 2.24) is 14.7 Å². The van der Waals surface area contributed by atoms with E-state index in [4.69, 9.17) is 0 Å². The van der Waals surface area contributed by atoms with Crippen LogP contribution in [0.5, 0.6) is 0 Å². The average molecular weight is 369 g/mol. The number of H-pyrrole nitrogens is 1. The van der Waals surface area contributed by atoms with Crippen LogP contribution in [0.2, 0.25) is 0 Å². The predicted molar refractivity (Wildman–Crippen MR) is 105 cm³/mol. The molecule has 27 heavy (non-hydrogen) atoms. The number of aromatic amines is 1. The number of carbonyl (C=O) groups is 1. The molecule has 6 nitrogen and oxygen atoms in total. The third-order valence-electron chi connectivity index (χ3n) is 5.41. The lowest BCUT2D eigenvalue weighted by molar-refractivity contribution is 0.0755. The minimum Gasteiger partial charge on any atom is -0.339 e. The van der Waals surface area contributed by atoms with E-state index < -0.39 is 0 Å². The molecule has 0 radical (unpaired) electrons. The second-order valence-corrected chi connectivity index (χ2v) is 8.32. The first-order chi connectivity index (χ1) is 12.8. The lowest BCUT2D eigenvalue weighted by atomic mass is 9.77. The Kier molecular flexibility index (Phi) is 5.35. The summed E-state index contributed by atoms with van der Waals surface area (Å²) in [7, 11) is 0. The summed E-state index contributed by atoms with van der Waals surface area (Å²) in [5.41, 5.74) is 0.539. The summed E-state index contributed by atoms with van der Waals surface area (Å²) in [4.78, 5) is 38.5. The first-order valence-corrected chi connectivity index (χ1v) is 9.48. The highest BCUT2D eigenvalue weighted by Gasteiger charge is 2.28. The van der Waals surface area contributed by atoms with Crippen LogP contribution in [0.15, 0.2) is 46.0 Å². The highest BCUT2D eigenvalue weighted by atomic mass is 16.2. The molecule has 2 aromatic rings. The molecule has 144 valence electrons. The Morgan fingerprint density at radius 1 is 1.07 bits per heavy atom. The monoisotopic (exact) mass is 369 g/mol. The van der Waals surface area contributed by atoms with Crippen molar-refractivity contribution in [2.75, 3.05) is 13.1 Å². The van der Waals surface area contributed by atoms with Gasteiger partial charge in [-0.3, -0.25) is 19.5 Å². The summed E-state index contributed by atoms with van der Waals surface area (Å²) < 4.78 is 1.16.